The molecule has 0 saturated carbocycles. The van der Waals surface area contributed by atoms with E-state index in [-0.39, 0.29) is 29.0 Å². The van der Waals surface area contributed by atoms with Crippen molar-refractivity contribution in [1.82, 2.24) is 9.97 Å². The first kappa shape index (κ1) is 21.2. The SMILES string of the molecule is CCC(=O)Nc1nc(S[C@@H](C)C(=O)OC)[nH]c(=O)c1NC(=O)c1ccccc1. The number of aromatic nitrogens is 2. The molecule has 148 valence electrons. The van der Waals surface area contributed by atoms with Gasteiger partial charge in [0, 0.05) is 12.0 Å². The number of rotatable bonds is 7. The summed E-state index contributed by atoms with van der Waals surface area (Å²) in [6.07, 6.45) is 0.154. The molecule has 2 amide bonds. The van der Waals surface area contributed by atoms with Gasteiger partial charge in [-0.25, -0.2) is 4.98 Å². The maximum absolute atomic E-state index is 12.5. The zero-order valence-electron chi connectivity index (χ0n) is 15.6. The Kier molecular flexibility index (Phi) is 7.33. The Bertz CT molecular complexity index is 929. The predicted octanol–water partition coefficient (Wildman–Crippen LogP) is 2.02. The molecule has 1 heterocycles. The lowest BCUT2D eigenvalue weighted by Crippen LogP contribution is -2.25. The number of aromatic amines is 1. The van der Waals surface area contributed by atoms with Crippen LogP contribution >= 0.6 is 11.8 Å². The number of ether oxygens (including phenoxy) is 1. The van der Waals surface area contributed by atoms with Gasteiger partial charge in [-0.1, -0.05) is 36.9 Å². The average molecular weight is 404 g/mol. The van der Waals surface area contributed by atoms with E-state index >= 15 is 0 Å². The highest BCUT2D eigenvalue weighted by molar-refractivity contribution is 8.00. The van der Waals surface area contributed by atoms with E-state index in [9.17, 15) is 19.2 Å². The van der Waals surface area contributed by atoms with Gasteiger partial charge in [-0.15, -0.1) is 0 Å². The lowest BCUT2D eigenvalue weighted by atomic mass is 10.2. The van der Waals surface area contributed by atoms with E-state index in [0.29, 0.717) is 5.56 Å². The molecule has 2 rings (SSSR count). The molecule has 0 bridgehead atoms. The van der Waals surface area contributed by atoms with Gasteiger partial charge in [-0.05, 0) is 19.1 Å². The Hall–Kier alpha value is -3.14. The first-order valence-electron chi connectivity index (χ1n) is 8.40. The lowest BCUT2D eigenvalue weighted by molar-refractivity contribution is -0.139. The van der Waals surface area contributed by atoms with Crippen LogP contribution in [0.4, 0.5) is 11.5 Å². The van der Waals surface area contributed by atoms with Gasteiger partial charge in [0.25, 0.3) is 11.5 Å². The molecule has 9 nitrogen and oxygen atoms in total. The number of thioether (sulfide) groups is 1. The van der Waals surface area contributed by atoms with Crippen molar-refractivity contribution in [2.45, 2.75) is 30.7 Å². The topological polar surface area (TPSA) is 130 Å². The normalized spacial score (nSPS) is 11.4. The highest BCUT2D eigenvalue weighted by Gasteiger charge is 2.20. The molecule has 28 heavy (non-hydrogen) atoms. The van der Waals surface area contributed by atoms with Crippen LogP contribution in [0.2, 0.25) is 0 Å². The minimum Gasteiger partial charge on any atom is -0.468 e. The maximum Gasteiger partial charge on any atom is 0.318 e. The van der Waals surface area contributed by atoms with Crippen LogP contribution in [0.5, 0.6) is 0 Å². The molecule has 0 unspecified atom stereocenters. The number of carbonyl (C=O) groups excluding carboxylic acids is 3. The second kappa shape index (κ2) is 9.70. The second-order valence-corrected chi connectivity index (χ2v) is 6.93. The van der Waals surface area contributed by atoms with Gasteiger partial charge < -0.3 is 15.4 Å². The molecule has 1 aromatic heterocycles. The summed E-state index contributed by atoms with van der Waals surface area (Å²) in [5.41, 5.74) is -0.511. The van der Waals surface area contributed by atoms with Crippen molar-refractivity contribution in [2.75, 3.05) is 17.7 Å². The zero-order chi connectivity index (χ0) is 20.7. The summed E-state index contributed by atoms with van der Waals surface area (Å²) < 4.78 is 4.65. The number of amides is 2. The molecular formula is C18H20N4O5S. The lowest BCUT2D eigenvalue weighted by Gasteiger charge is -2.13. The monoisotopic (exact) mass is 404 g/mol. The van der Waals surface area contributed by atoms with Crippen LogP contribution < -0.4 is 16.2 Å². The predicted molar refractivity (Wildman–Crippen MR) is 106 cm³/mol. The Morgan fingerprint density at radius 3 is 2.50 bits per heavy atom. The maximum atomic E-state index is 12.5. The van der Waals surface area contributed by atoms with Crippen LogP contribution in [0.1, 0.15) is 30.6 Å². The number of esters is 1. The number of hydrogen-bond donors (Lipinski definition) is 3. The van der Waals surface area contributed by atoms with Crippen molar-refractivity contribution in [3.05, 3.63) is 46.2 Å². The van der Waals surface area contributed by atoms with Gasteiger partial charge in [0.15, 0.2) is 16.7 Å². The first-order valence-corrected chi connectivity index (χ1v) is 9.28. The number of nitrogens with one attached hydrogen (secondary N) is 3. The molecule has 3 N–H and O–H groups in total. The fraction of sp³-hybridized carbons (Fsp3) is 0.278. The molecule has 0 spiro atoms. The highest BCUT2D eigenvalue weighted by atomic mass is 32.2. The molecule has 0 aliphatic carbocycles. The third-order valence-corrected chi connectivity index (χ3v) is 4.54. The second-order valence-electron chi connectivity index (χ2n) is 5.60. The molecule has 10 heteroatoms. The number of carbonyl (C=O) groups is 3. The van der Waals surface area contributed by atoms with Crippen molar-refractivity contribution >= 4 is 41.1 Å². The molecule has 0 aliphatic heterocycles. The van der Waals surface area contributed by atoms with E-state index in [1.165, 1.54) is 7.11 Å². The van der Waals surface area contributed by atoms with E-state index in [1.54, 1.807) is 44.2 Å². The molecule has 0 fully saturated rings. The average Bonchev–Trinajstić information content (AvgIpc) is 2.70. The van der Waals surface area contributed by atoms with Gasteiger partial charge in [0.2, 0.25) is 5.91 Å². The van der Waals surface area contributed by atoms with Crippen molar-refractivity contribution < 1.29 is 19.1 Å². The summed E-state index contributed by atoms with van der Waals surface area (Å²) in [5.74, 6) is -1.50. The molecule has 2 aromatic rings. The summed E-state index contributed by atoms with van der Waals surface area (Å²) >= 11 is 0.958. The summed E-state index contributed by atoms with van der Waals surface area (Å²) in [4.78, 5) is 55.0. The molecular weight excluding hydrogens is 384 g/mol. The number of benzene rings is 1. The third kappa shape index (κ3) is 5.43. The number of anilines is 2. The zero-order valence-corrected chi connectivity index (χ0v) is 16.4. The van der Waals surface area contributed by atoms with Crippen LogP contribution in [0.25, 0.3) is 0 Å². The van der Waals surface area contributed by atoms with Crippen LogP contribution in [-0.2, 0) is 14.3 Å². The van der Waals surface area contributed by atoms with E-state index in [1.807, 2.05) is 0 Å². The quantitative estimate of drug-likeness (QED) is 0.366. The summed E-state index contributed by atoms with van der Waals surface area (Å²) in [6.45, 7) is 3.23. The van der Waals surface area contributed by atoms with Gasteiger partial charge in [-0.2, -0.15) is 0 Å². The van der Waals surface area contributed by atoms with Crippen LogP contribution in [0.15, 0.2) is 40.3 Å². The van der Waals surface area contributed by atoms with Crippen molar-refractivity contribution in [2.24, 2.45) is 0 Å². The number of nitrogens with zero attached hydrogens (tertiary/aromatic N) is 1. The number of methoxy groups -OCH3 is 1. The minimum atomic E-state index is -0.662. The van der Waals surface area contributed by atoms with E-state index in [2.05, 4.69) is 25.3 Å². The molecule has 1 aromatic carbocycles. The Morgan fingerprint density at radius 1 is 1.21 bits per heavy atom. The highest BCUT2D eigenvalue weighted by Crippen LogP contribution is 2.23. The first-order chi connectivity index (χ1) is 13.3. The molecule has 1 atom stereocenters. The summed E-state index contributed by atoms with van der Waals surface area (Å²) in [5, 5.41) is 4.45. The summed E-state index contributed by atoms with van der Waals surface area (Å²) in [7, 11) is 1.25. The fourth-order valence-electron chi connectivity index (χ4n) is 2.09. The van der Waals surface area contributed by atoms with E-state index < -0.39 is 22.7 Å². The largest absolute Gasteiger partial charge is 0.468 e. The molecule has 0 saturated heterocycles. The summed E-state index contributed by atoms with van der Waals surface area (Å²) in [6, 6.07) is 8.30. The van der Waals surface area contributed by atoms with Crippen molar-refractivity contribution in [3.63, 3.8) is 0 Å². The minimum absolute atomic E-state index is 0.0977. The van der Waals surface area contributed by atoms with E-state index in [4.69, 9.17) is 0 Å². The van der Waals surface area contributed by atoms with Crippen LogP contribution in [0.3, 0.4) is 0 Å². The van der Waals surface area contributed by atoms with Gasteiger partial charge >= 0.3 is 5.97 Å². The standard InChI is InChI=1S/C18H20N4O5S/c1-4-12(23)19-14-13(20-15(24)11-8-6-5-7-9-11)16(25)22-18(21-14)28-10(2)17(26)27-3/h5-10H,4H2,1-3H3,(H,20,24)(H2,19,21,22,23,25)/t10-/m0/s1. The van der Waals surface area contributed by atoms with Crippen molar-refractivity contribution in [1.29, 1.82) is 0 Å². The van der Waals surface area contributed by atoms with Gasteiger partial charge in [0.05, 0.1) is 7.11 Å². The molecule has 0 aliphatic rings. The van der Waals surface area contributed by atoms with Gasteiger partial charge in [0.1, 0.15) is 5.25 Å². The smallest absolute Gasteiger partial charge is 0.318 e. The van der Waals surface area contributed by atoms with Crippen LogP contribution in [0, 0.1) is 0 Å². The number of H-pyrrole nitrogens is 1. The Labute approximate surface area is 165 Å². The Morgan fingerprint density at radius 2 is 1.89 bits per heavy atom. The third-order valence-electron chi connectivity index (χ3n) is 3.57. The van der Waals surface area contributed by atoms with E-state index in [0.717, 1.165) is 11.8 Å². The number of hydrogen-bond acceptors (Lipinski definition) is 7. The van der Waals surface area contributed by atoms with Crippen LogP contribution in [-0.4, -0.2) is 40.1 Å². The fourth-order valence-corrected chi connectivity index (χ4v) is 2.91. The Balaban J connectivity index is 2.37. The van der Waals surface area contributed by atoms with Crippen molar-refractivity contribution in [3.8, 4) is 0 Å². The molecule has 0 radical (unpaired) electrons. The van der Waals surface area contributed by atoms with Gasteiger partial charge in [-0.3, -0.25) is 24.2 Å².